The van der Waals surface area contributed by atoms with Crippen molar-refractivity contribution in [3.63, 3.8) is 0 Å². The molecule has 0 heterocycles. The van der Waals surface area contributed by atoms with Crippen molar-refractivity contribution in [3.8, 4) is 0 Å². The lowest BCUT2D eigenvalue weighted by Gasteiger charge is -2.11. The lowest BCUT2D eigenvalue weighted by atomic mass is 10.2. The van der Waals surface area contributed by atoms with Gasteiger partial charge in [-0.05, 0) is 42.3 Å². The molecule has 0 spiro atoms. The number of halogens is 3. The number of nitrogens with one attached hydrogen (secondary N) is 1. The molecule has 0 aliphatic heterocycles. The lowest BCUT2D eigenvalue weighted by Crippen LogP contribution is -2.01. The maximum Gasteiger partial charge on any atom is 0.0417 e. The first-order chi connectivity index (χ1) is 8.56. The van der Waals surface area contributed by atoms with Gasteiger partial charge in [0.25, 0.3) is 0 Å². The molecule has 0 saturated heterocycles. The van der Waals surface area contributed by atoms with Crippen molar-refractivity contribution >= 4 is 49.1 Å². The Hall–Kier alpha value is -0.510. The van der Waals surface area contributed by atoms with Gasteiger partial charge in [0.2, 0.25) is 0 Å². The fourth-order valence-electron chi connectivity index (χ4n) is 1.64. The van der Waals surface area contributed by atoms with Crippen molar-refractivity contribution in [2.75, 3.05) is 5.32 Å². The molecule has 0 saturated carbocycles. The van der Waals surface area contributed by atoms with Crippen LogP contribution in [-0.2, 0) is 6.54 Å². The van der Waals surface area contributed by atoms with Gasteiger partial charge >= 0.3 is 0 Å². The van der Waals surface area contributed by atoms with Crippen molar-refractivity contribution in [2.24, 2.45) is 0 Å². The molecule has 0 atom stereocenters. The summed E-state index contributed by atoms with van der Waals surface area (Å²) in [7, 11) is 0. The molecule has 0 aromatic heterocycles. The Kier molecular flexibility index (Phi) is 4.71. The highest BCUT2D eigenvalue weighted by Gasteiger charge is 2.03. The van der Waals surface area contributed by atoms with Crippen molar-refractivity contribution in [1.82, 2.24) is 0 Å². The Balaban J connectivity index is 2.13. The van der Waals surface area contributed by atoms with Gasteiger partial charge in [-0.15, -0.1) is 0 Å². The zero-order valence-electron chi connectivity index (χ0n) is 9.81. The largest absolute Gasteiger partial charge is 0.381 e. The zero-order chi connectivity index (χ0) is 13.1. The highest BCUT2D eigenvalue weighted by atomic mass is 79.9. The highest BCUT2D eigenvalue weighted by molar-refractivity contribution is 9.10. The van der Waals surface area contributed by atoms with E-state index < -0.39 is 0 Å². The van der Waals surface area contributed by atoms with Gasteiger partial charge in [0.1, 0.15) is 0 Å². The molecule has 0 amide bonds. The molecule has 0 radical (unpaired) electrons. The van der Waals surface area contributed by atoms with Crippen molar-refractivity contribution < 1.29 is 0 Å². The van der Waals surface area contributed by atoms with E-state index in [4.69, 9.17) is 11.6 Å². The molecular weight excluding hydrogens is 377 g/mol. The predicted molar refractivity (Wildman–Crippen MR) is 85.4 cm³/mol. The molecule has 1 nitrogen and oxygen atoms in total. The molecule has 2 rings (SSSR count). The van der Waals surface area contributed by atoms with E-state index in [2.05, 4.69) is 56.2 Å². The smallest absolute Gasteiger partial charge is 0.0417 e. The van der Waals surface area contributed by atoms with E-state index in [-0.39, 0.29) is 0 Å². The van der Waals surface area contributed by atoms with E-state index in [0.29, 0.717) is 0 Å². The fraction of sp³-hybridized carbons (Fsp3) is 0.143. The maximum absolute atomic E-state index is 5.92. The molecule has 2 aromatic carbocycles. The molecule has 94 valence electrons. The molecular formula is C14H12Br2ClN. The van der Waals surface area contributed by atoms with E-state index in [0.717, 1.165) is 26.2 Å². The summed E-state index contributed by atoms with van der Waals surface area (Å²) in [4.78, 5) is 0. The van der Waals surface area contributed by atoms with Gasteiger partial charge in [-0.1, -0.05) is 55.6 Å². The first kappa shape index (κ1) is 13.9. The predicted octanol–water partition coefficient (Wildman–Crippen LogP) is 5.79. The highest BCUT2D eigenvalue weighted by Crippen LogP contribution is 2.24. The van der Waals surface area contributed by atoms with Gasteiger partial charge in [0.15, 0.2) is 0 Å². The van der Waals surface area contributed by atoms with Gasteiger partial charge in [-0.25, -0.2) is 0 Å². The second-order valence-electron chi connectivity index (χ2n) is 4.05. The monoisotopic (exact) mass is 387 g/mol. The molecule has 0 bridgehead atoms. The van der Waals surface area contributed by atoms with Gasteiger partial charge < -0.3 is 5.32 Å². The average Bonchev–Trinajstić information content (AvgIpc) is 2.32. The van der Waals surface area contributed by atoms with Crippen LogP contribution in [0.2, 0.25) is 5.02 Å². The van der Waals surface area contributed by atoms with Gasteiger partial charge in [-0.2, -0.15) is 0 Å². The molecule has 0 aliphatic carbocycles. The summed E-state index contributed by atoms with van der Waals surface area (Å²) in [5.74, 6) is 0. The molecule has 0 unspecified atom stereocenters. The molecule has 1 N–H and O–H groups in total. The van der Waals surface area contributed by atoms with Crippen LogP contribution in [0.1, 0.15) is 11.1 Å². The minimum absolute atomic E-state index is 0.740. The Bertz CT molecular complexity index is 570. The normalized spacial score (nSPS) is 10.4. The Morgan fingerprint density at radius 3 is 2.61 bits per heavy atom. The molecule has 0 aliphatic rings. The van der Waals surface area contributed by atoms with Crippen LogP contribution in [0.25, 0.3) is 0 Å². The standard InChI is InChI=1S/C14H12Br2ClN/c1-9-2-4-11(15)6-14(9)18-8-10-3-5-12(17)7-13(10)16/h2-7,18H,8H2,1H3. The Morgan fingerprint density at radius 1 is 1.11 bits per heavy atom. The maximum atomic E-state index is 5.92. The summed E-state index contributed by atoms with van der Waals surface area (Å²) >= 11 is 12.9. The Labute approximate surface area is 129 Å². The van der Waals surface area contributed by atoms with Crippen LogP contribution < -0.4 is 5.32 Å². The van der Waals surface area contributed by atoms with Crippen molar-refractivity contribution in [2.45, 2.75) is 13.5 Å². The molecule has 2 aromatic rings. The van der Waals surface area contributed by atoms with E-state index in [1.807, 2.05) is 24.3 Å². The second-order valence-corrected chi connectivity index (χ2v) is 6.25. The average molecular weight is 390 g/mol. The van der Waals surface area contributed by atoms with Crippen LogP contribution in [0.4, 0.5) is 5.69 Å². The van der Waals surface area contributed by atoms with Gasteiger partial charge in [0, 0.05) is 26.2 Å². The van der Waals surface area contributed by atoms with E-state index >= 15 is 0 Å². The van der Waals surface area contributed by atoms with Crippen molar-refractivity contribution in [3.05, 3.63) is 61.5 Å². The van der Waals surface area contributed by atoms with Crippen LogP contribution >= 0.6 is 43.5 Å². The number of hydrogen-bond donors (Lipinski definition) is 1. The SMILES string of the molecule is Cc1ccc(Br)cc1NCc1ccc(Cl)cc1Br. The third-order valence-corrected chi connectivity index (χ3v) is 4.15. The quantitative estimate of drug-likeness (QED) is 0.701. The third kappa shape index (κ3) is 3.50. The van der Waals surface area contributed by atoms with Gasteiger partial charge in [-0.3, -0.25) is 0 Å². The number of anilines is 1. The fourth-order valence-corrected chi connectivity index (χ4v) is 2.82. The summed E-state index contributed by atoms with van der Waals surface area (Å²) < 4.78 is 2.10. The molecule has 18 heavy (non-hydrogen) atoms. The minimum Gasteiger partial charge on any atom is -0.381 e. The number of hydrogen-bond acceptors (Lipinski definition) is 1. The minimum atomic E-state index is 0.740. The summed E-state index contributed by atoms with van der Waals surface area (Å²) in [6.07, 6.45) is 0. The van der Waals surface area contributed by atoms with Gasteiger partial charge in [0.05, 0.1) is 0 Å². The summed E-state index contributed by atoms with van der Waals surface area (Å²) in [5, 5.41) is 4.17. The molecule has 4 heteroatoms. The number of aryl methyl sites for hydroxylation is 1. The summed E-state index contributed by atoms with van der Waals surface area (Å²) in [6, 6.07) is 12.0. The summed E-state index contributed by atoms with van der Waals surface area (Å²) in [6.45, 7) is 2.85. The van der Waals surface area contributed by atoms with Crippen LogP contribution in [-0.4, -0.2) is 0 Å². The van der Waals surface area contributed by atoms with Crippen LogP contribution in [0.3, 0.4) is 0 Å². The van der Waals surface area contributed by atoms with Crippen LogP contribution in [0, 0.1) is 6.92 Å². The first-order valence-corrected chi connectivity index (χ1v) is 7.46. The number of benzene rings is 2. The summed E-state index contributed by atoms with van der Waals surface area (Å²) in [5.41, 5.74) is 3.54. The Morgan fingerprint density at radius 2 is 1.89 bits per heavy atom. The van der Waals surface area contributed by atoms with E-state index in [1.165, 1.54) is 11.1 Å². The van der Waals surface area contributed by atoms with Crippen molar-refractivity contribution in [1.29, 1.82) is 0 Å². The van der Waals surface area contributed by atoms with Crippen LogP contribution in [0.15, 0.2) is 45.3 Å². The molecule has 0 fully saturated rings. The zero-order valence-corrected chi connectivity index (χ0v) is 13.7. The van der Waals surface area contributed by atoms with E-state index in [9.17, 15) is 0 Å². The second kappa shape index (κ2) is 6.09. The third-order valence-electron chi connectivity index (χ3n) is 2.68. The first-order valence-electron chi connectivity index (χ1n) is 5.50. The topological polar surface area (TPSA) is 12.0 Å². The lowest BCUT2D eigenvalue weighted by molar-refractivity contribution is 1.13. The van der Waals surface area contributed by atoms with E-state index in [1.54, 1.807) is 0 Å². The number of rotatable bonds is 3. The van der Waals surface area contributed by atoms with Crippen LogP contribution in [0.5, 0.6) is 0 Å².